The third kappa shape index (κ3) is 4.82. The monoisotopic (exact) mass is 282 g/mol. The van der Waals surface area contributed by atoms with Gasteiger partial charge < -0.3 is 0 Å². The van der Waals surface area contributed by atoms with E-state index in [9.17, 15) is 0 Å². The second-order valence-corrected chi connectivity index (χ2v) is 4.94. The van der Waals surface area contributed by atoms with Crippen LogP contribution in [0.5, 0.6) is 0 Å². The van der Waals surface area contributed by atoms with Crippen LogP contribution in [0, 0.1) is 20.8 Å². The van der Waals surface area contributed by atoms with Crippen LogP contribution in [-0.4, -0.2) is 0 Å². The van der Waals surface area contributed by atoms with E-state index in [2.05, 4.69) is 62.2 Å². The number of hydrogen-bond acceptors (Lipinski definition) is 2. The van der Waals surface area contributed by atoms with Crippen LogP contribution in [-0.2, 0) is 6.42 Å². The van der Waals surface area contributed by atoms with E-state index in [0.717, 1.165) is 23.4 Å². The van der Waals surface area contributed by atoms with Crippen molar-refractivity contribution in [3.05, 3.63) is 58.7 Å². The fraction of sp³-hybridized carbons (Fsp3) is 0.368. The molecule has 2 aromatic carbocycles. The molecule has 112 valence electrons. The molecule has 0 spiro atoms. The van der Waals surface area contributed by atoms with Gasteiger partial charge in [0.05, 0.1) is 11.4 Å². The van der Waals surface area contributed by atoms with Crippen LogP contribution in [0.4, 0.5) is 11.4 Å². The van der Waals surface area contributed by atoms with E-state index in [1.165, 1.54) is 16.7 Å². The van der Waals surface area contributed by atoms with Crippen LogP contribution in [0.3, 0.4) is 0 Å². The third-order valence-electron chi connectivity index (χ3n) is 3.43. The topological polar surface area (TPSA) is 24.7 Å². The molecule has 0 aliphatic carbocycles. The molecule has 2 nitrogen and oxygen atoms in total. The molecule has 0 saturated carbocycles. The van der Waals surface area contributed by atoms with Crippen LogP contribution in [0.15, 0.2) is 46.6 Å². The van der Waals surface area contributed by atoms with Crippen molar-refractivity contribution in [2.45, 2.75) is 48.0 Å². The molecule has 0 radical (unpaired) electrons. The Morgan fingerprint density at radius 1 is 0.762 bits per heavy atom. The fourth-order valence-corrected chi connectivity index (χ4v) is 1.96. The molecule has 0 N–H and O–H groups in total. The largest absolute Gasteiger partial charge is 0.151 e. The summed E-state index contributed by atoms with van der Waals surface area (Å²) in [6.07, 6.45) is 1.05. The third-order valence-corrected chi connectivity index (χ3v) is 3.43. The highest BCUT2D eigenvalue weighted by molar-refractivity contribution is 5.50. The molecule has 21 heavy (non-hydrogen) atoms. The zero-order valence-corrected chi connectivity index (χ0v) is 14.1. The minimum Gasteiger partial charge on any atom is -0.151 e. The van der Waals surface area contributed by atoms with Crippen LogP contribution < -0.4 is 0 Å². The molecule has 0 unspecified atom stereocenters. The summed E-state index contributed by atoms with van der Waals surface area (Å²) in [7, 11) is 0. The zero-order chi connectivity index (χ0) is 15.8. The first kappa shape index (κ1) is 17.1. The summed E-state index contributed by atoms with van der Waals surface area (Å²) in [5.74, 6) is 0. The number of aryl methyl sites for hydroxylation is 4. The van der Waals surface area contributed by atoms with Crippen molar-refractivity contribution in [3.8, 4) is 0 Å². The molecule has 2 aromatic rings. The fourth-order valence-electron chi connectivity index (χ4n) is 1.96. The van der Waals surface area contributed by atoms with Gasteiger partial charge in [-0.3, -0.25) is 0 Å². The highest BCUT2D eigenvalue weighted by Crippen LogP contribution is 2.25. The average molecular weight is 282 g/mol. The van der Waals surface area contributed by atoms with E-state index in [1.54, 1.807) is 0 Å². The standard InChI is InChI=1S/C17H20N2.C2H6/c1-5-15-6-8-16(9-7-15)18-19-17-11-13(3)12(2)10-14(17)4;1-2/h6-11H,5H2,1-4H3;1-2H3. The van der Waals surface area contributed by atoms with Gasteiger partial charge in [0.2, 0.25) is 0 Å². The van der Waals surface area contributed by atoms with Gasteiger partial charge >= 0.3 is 0 Å². The molecule has 0 atom stereocenters. The van der Waals surface area contributed by atoms with Crippen molar-refractivity contribution in [3.63, 3.8) is 0 Å². The van der Waals surface area contributed by atoms with E-state index >= 15 is 0 Å². The van der Waals surface area contributed by atoms with Crippen LogP contribution in [0.1, 0.15) is 43.0 Å². The molecule has 0 aliphatic rings. The van der Waals surface area contributed by atoms with Crippen molar-refractivity contribution in [1.29, 1.82) is 0 Å². The number of nitrogens with zero attached hydrogens (tertiary/aromatic N) is 2. The Kier molecular flexibility index (Phi) is 6.80. The lowest BCUT2D eigenvalue weighted by molar-refractivity contribution is 1.13. The molecule has 0 heterocycles. The Morgan fingerprint density at radius 2 is 1.33 bits per heavy atom. The lowest BCUT2D eigenvalue weighted by Gasteiger charge is -2.04. The molecular weight excluding hydrogens is 256 g/mol. The minimum absolute atomic E-state index is 0.898. The van der Waals surface area contributed by atoms with Crippen molar-refractivity contribution in [1.82, 2.24) is 0 Å². The van der Waals surface area contributed by atoms with Gasteiger partial charge in [-0.1, -0.05) is 39.0 Å². The maximum Gasteiger partial charge on any atom is 0.0889 e. The maximum absolute atomic E-state index is 4.36. The summed E-state index contributed by atoms with van der Waals surface area (Å²) >= 11 is 0. The van der Waals surface area contributed by atoms with Crippen molar-refractivity contribution in [2.24, 2.45) is 10.2 Å². The van der Waals surface area contributed by atoms with E-state index in [4.69, 9.17) is 0 Å². The normalized spacial score (nSPS) is 10.4. The minimum atomic E-state index is 0.898. The summed E-state index contributed by atoms with van der Waals surface area (Å²) in [5, 5.41) is 8.67. The highest BCUT2D eigenvalue weighted by atomic mass is 15.1. The maximum atomic E-state index is 4.36. The lowest BCUT2D eigenvalue weighted by atomic mass is 10.1. The summed E-state index contributed by atoms with van der Waals surface area (Å²) in [6.45, 7) is 12.4. The summed E-state index contributed by atoms with van der Waals surface area (Å²) in [5.41, 5.74) is 6.88. The van der Waals surface area contributed by atoms with Crippen LogP contribution in [0.2, 0.25) is 0 Å². The first-order valence-electron chi connectivity index (χ1n) is 7.68. The van der Waals surface area contributed by atoms with E-state index < -0.39 is 0 Å². The van der Waals surface area contributed by atoms with Gasteiger partial charge in [0.15, 0.2) is 0 Å². The molecular formula is C19H26N2. The molecule has 0 aromatic heterocycles. The number of hydrogen-bond donors (Lipinski definition) is 0. The quantitative estimate of drug-likeness (QED) is 0.565. The van der Waals surface area contributed by atoms with Crippen molar-refractivity contribution < 1.29 is 0 Å². The SMILES string of the molecule is CC.CCc1ccc(N=Nc2cc(C)c(C)cc2C)cc1. The lowest BCUT2D eigenvalue weighted by Crippen LogP contribution is -1.83. The Morgan fingerprint density at radius 3 is 1.90 bits per heavy atom. The number of rotatable bonds is 3. The van der Waals surface area contributed by atoms with Gasteiger partial charge in [0, 0.05) is 0 Å². The molecule has 0 saturated heterocycles. The first-order chi connectivity index (χ1) is 10.1. The zero-order valence-electron chi connectivity index (χ0n) is 14.1. The van der Waals surface area contributed by atoms with Gasteiger partial charge in [-0.15, -0.1) is 0 Å². The molecule has 0 amide bonds. The average Bonchev–Trinajstić information content (AvgIpc) is 2.52. The van der Waals surface area contributed by atoms with Crippen molar-refractivity contribution >= 4 is 11.4 Å². The smallest absolute Gasteiger partial charge is 0.0889 e. The number of benzene rings is 2. The first-order valence-corrected chi connectivity index (χ1v) is 7.68. The molecule has 2 rings (SSSR count). The predicted molar refractivity (Wildman–Crippen MR) is 92.0 cm³/mol. The van der Waals surface area contributed by atoms with Crippen LogP contribution >= 0.6 is 0 Å². The predicted octanol–water partition coefficient (Wildman–Crippen LogP) is 6.62. The highest BCUT2D eigenvalue weighted by Gasteiger charge is 2.00. The van der Waals surface area contributed by atoms with Crippen molar-refractivity contribution in [2.75, 3.05) is 0 Å². The Balaban J connectivity index is 0.00000106. The Hall–Kier alpha value is -1.96. The molecule has 0 aliphatic heterocycles. The van der Waals surface area contributed by atoms with Gasteiger partial charge in [0.1, 0.15) is 0 Å². The number of azo groups is 1. The van der Waals surface area contributed by atoms with E-state index in [0.29, 0.717) is 0 Å². The summed E-state index contributed by atoms with van der Waals surface area (Å²) in [6, 6.07) is 12.5. The van der Waals surface area contributed by atoms with E-state index in [1.807, 2.05) is 26.0 Å². The van der Waals surface area contributed by atoms with Gasteiger partial charge in [0.25, 0.3) is 0 Å². The molecule has 0 bridgehead atoms. The summed E-state index contributed by atoms with van der Waals surface area (Å²) in [4.78, 5) is 0. The molecule has 0 fully saturated rings. The van der Waals surface area contributed by atoms with Gasteiger partial charge in [-0.25, -0.2) is 0 Å². The summed E-state index contributed by atoms with van der Waals surface area (Å²) < 4.78 is 0. The Labute approximate surface area is 128 Å². The van der Waals surface area contributed by atoms with Gasteiger partial charge in [-0.05, 0) is 67.6 Å². The molecule has 2 heteroatoms. The van der Waals surface area contributed by atoms with Gasteiger partial charge in [-0.2, -0.15) is 10.2 Å². The van der Waals surface area contributed by atoms with E-state index in [-0.39, 0.29) is 0 Å². The second-order valence-electron chi connectivity index (χ2n) is 4.94. The Bertz CT molecular complexity index is 596. The second kappa shape index (κ2) is 8.35. The van der Waals surface area contributed by atoms with Crippen LogP contribution in [0.25, 0.3) is 0 Å².